The van der Waals surface area contributed by atoms with E-state index in [-0.39, 0.29) is 44.1 Å². The van der Waals surface area contributed by atoms with Crippen molar-refractivity contribution in [2.75, 3.05) is 25.4 Å². The first-order chi connectivity index (χ1) is 17.1. The van der Waals surface area contributed by atoms with Gasteiger partial charge < -0.3 is 4.74 Å². The molecular formula is C21H24F4N2O7S3. The molecule has 1 aliphatic heterocycles. The van der Waals surface area contributed by atoms with E-state index in [4.69, 9.17) is 0 Å². The van der Waals surface area contributed by atoms with Gasteiger partial charge >= 0.3 is 6.36 Å². The van der Waals surface area contributed by atoms with Gasteiger partial charge in [0.05, 0.1) is 10.6 Å². The molecule has 37 heavy (non-hydrogen) atoms. The maximum atomic E-state index is 14.4. The number of benzene rings is 2. The maximum absolute atomic E-state index is 14.4. The van der Waals surface area contributed by atoms with E-state index in [1.807, 2.05) is 0 Å². The Labute approximate surface area is 212 Å². The molecule has 1 saturated heterocycles. The lowest BCUT2D eigenvalue weighted by Crippen LogP contribution is -2.42. The molecule has 0 bridgehead atoms. The van der Waals surface area contributed by atoms with E-state index < -0.39 is 62.5 Å². The van der Waals surface area contributed by atoms with Crippen LogP contribution in [0.2, 0.25) is 0 Å². The van der Waals surface area contributed by atoms with Crippen molar-refractivity contribution >= 4 is 29.9 Å². The molecule has 2 aromatic carbocycles. The molecular weight excluding hydrogens is 564 g/mol. The summed E-state index contributed by atoms with van der Waals surface area (Å²) in [7, 11) is -13.0. The Balaban J connectivity index is 1.98. The Hall–Kier alpha value is -2.27. The van der Waals surface area contributed by atoms with Gasteiger partial charge in [0.25, 0.3) is 0 Å². The van der Waals surface area contributed by atoms with Crippen molar-refractivity contribution in [1.82, 2.24) is 9.03 Å². The van der Waals surface area contributed by atoms with E-state index in [0.29, 0.717) is 18.2 Å². The fourth-order valence-electron chi connectivity index (χ4n) is 3.73. The third kappa shape index (κ3) is 6.98. The number of ether oxygens (including phenoxy) is 1. The fourth-order valence-corrected chi connectivity index (χ4v) is 8.01. The molecule has 1 N–H and O–H groups in total. The predicted octanol–water partition coefficient (Wildman–Crippen LogP) is 2.90. The van der Waals surface area contributed by atoms with E-state index in [9.17, 15) is 42.8 Å². The summed E-state index contributed by atoms with van der Waals surface area (Å²) < 4.78 is 137. The van der Waals surface area contributed by atoms with E-state index in [2.05, 4.69) is 9.46 Å². The molecule has 0 aliphatic carbocycles. The van der Waals surface area contributed by atoms with Gasteiger partial charge in [-0.3, -0.25) is 0 Å². The summed E-state index contributed by atoms with van der Waals surface area (Å²) in [6.45, 7) is 1.37. The zero-order valence-electron chi connectivity index (χ0n) is 19.4. The van der Waals surface area contributed by atoms with E-state index in [1.54, 1.807) is 0 Å². The van der Waals surface area contributed by atoms with Gasteiger partial charge in [-0.15, -0.1) is 13.2 Å². The molecule has 0 radical (unpaired) electrons. The molecule has 0 amide bonds. The molecule has 0 saturated carbocycles. The van der Waals surface area contributed by atoms with E-state index >= 15 is 0 Å². The van der Waals surface area contributed by atoms with Crippen molar-refractivity contribution in [3.05, 3.63) is 48.3 Å². The Bertz CT molecular complexity index is 1450. The number of sulfone groups is 1. The third-order valence-corrected chi connectivity index (χ3v) is 11.0. The summed E-state index contributed by atoms with van der Waals surface area (Å²) in [6, 6.07) is 5.78. The Kier molecular flexibility index (Phi) is 8.58. The number of hydrogen-bond donors (Lipinski definition) is 1. The minimum Gasteiger partial charge on any atom is -0.406 e. The number of alkyl halides is 3. The van der Waals surface area contributed by atoms with Crippen LogP contribution in [0.15, 0.2) is 57.2 Å². The Morgan fingerprint density at radius 3 is 2.14 bits per heavy atom. The van der Waals surface area contributed by atoms with Crippen LogP contribution >= 0.6 is 0 Å². The highest BCUT2D eigenvalue weighted by Gasteiger charge is 2.37. The number of hydrogen-bond acceptors (Lipinski definition) is 7. The van der Waals surface area contributed by atoms with Gasteiger partial charge in [-0.2, -0.15) is 4.31 Å². The second-order valence-electron chi connectivity index (χ2n) is 8.19. The lowest BCUT2D eigenvalue weighted by atomic mass is 9.99. The molecule has 9 nitrogen and oxygen atoms in total. The second-order valence-corrected chi connectivity index (χ2v) is 14.1. The van der Waals surface area contributed by atoms with Gasteiger partial charge in [0.2, 0.25) is 29.9 Å². The summed E-state index contributed by atoms with van der Waals surface area (Å²) >= 11 is 0. The van der Waals surface area contributed by atoms with Crippen molar-refractivity contribution in [3.63, 3.8) is 0 Å². The predicted molar refractivity (Wildman–Crippen MR) is 124 cm³/mol. The fraction of sp³-hybridized carbons (Fsp3) is 0.429. The van der Waals surface area contributed by atoms with Gasteiger partial charge in [-0.05, 0) is 49.9 Å². The summed E-state index contributed by atoms with van der Waals surface area (Å²) in [6.07, 6.45) is -4.70. The lowest BCUT2D eigenvalue weighted by molar-refractivity contribution is -0.274. The van der Waals surface area contributed by atoms with Gasteiger partial charge in [0.1, 0.15) is 21.4 Å². The molecule has 0 aromatic heterocycles. The Morgan fingerprint density at radius 2 is 1.57 bits per heavy atom. The lowest BCUT2D eigenvalue weighted by Gasteiger charge is -2.31. The van der Waals surface area contributed by atoms with Crippen molar-refractivity contribution in [2.45, 2.75) is 40.8 Å². The van der Waals surface area contributed by atoms with Crippen LogP contribution in [0.25, 0.3) is 0 Å². The van der Waals surface area contributed by atoms with E-state index in [0.717, 1.165) is 16.4 Å². The van der Waals surface area contributed by atoms with Crippen LogP contribution in [0.4, 0.5) is 17.6 Å². The third-order valence-electron chi connectivity index (χ3n) is 5.73. The van der Waals surface area contributed by atoms with Crippen molar-refractivity contribution in [2.24, 2.45) is 5.92 Å². The first-order valence-corrected chi connectivity index (χ1v) is 15.5. The smallest absolute Gasteiger partial charge is 0.406 e. The van der Waals surface area contributed by atoms with Crippen molar-refractivity contribution in [1.29, 1.82) is 0 Å². The molecule has 0 spiro atoms. The topological polar surface area (TPSA) is 127 Å². The van der Waals surface area contributed by atoms with Crippen molar-refractivity contribution < 1.29 is 47.6 Å². The molecule has 1 heterocycles. The molecule has 2 aromatic rings. The van der Waals surface area contributed by atoms with Crippen LogP contribution < -0.4 is 9.46 Å². The van der Waals surface area contributed by atoms with Gasteiger partial charge in [-0.25, -0.2) is 34.4 Å². The van der Waals surface area contributed by atoms with Gasteiger partial charge in [-0.1, -0.05) is 12.1 Å². The highest BCUT2D eigenvalue weighted by molar-refractivity contribution is 7.93. The standard InChI is InChI=1S/C21H24F4N2O7S3/c1-2-35(28,29)26-14-15-9-11-27(12-10-15)37(32,33)19-8-7-16(34-21(23,24)25)13-20(19)36(30,31)18-6-4-3-5-17(18)22/h3-8,13,15,26H,2,9-12,14H2,1H3. The average molecular weight is 589 g/mol. The largest absolute Gasteiger partial charge is 0.573 e. The summed E-state index contributed by atoms with van der Waals surface area (Å²) in [5, 5.41) is 0. The zero-order chi connectivity index (χ0) is 27.6. The average Bonchev–Trinajstić information content (AvgIpc) is 2.82. The number of piperidine rings is 1. The molecule has 16 heteroatoms. The van der Waals surface area contributed by atoms with Crippen molar-refractivity contribution in [3.8, 4) is 5.75 Å². The molecule has 1 fully saturated rings. The first kappa shape index (κ1) is 29.3. The number of nitrogens with one attached hydrogen (secondary N) is 1. The number of nitrogens with zero attached hydrogens (tertiary/aromatic N) is 1. The molecule has 0 atom stereocenters. The van der Waals surface area contributed by atoms with Crippen LogP contribution in [0.1, 0.15) is 19.8 Å². The van der Waals surface area contributed by atoms with Crippen LogP contribution in [-0.4, -0.2) is 61.3 Å². The summed E-state index contributed by atoms with van der Waals surface area (Å²) in [5.41, 5.74) is 0. The van der Waals surface area contributed by atoms with Gasteiger partial charge in [0.15, 0.2) is 0 Å². The van der Waals surface area contributed by atoms with Crippen LogP contribution in [0.5, 0.6) is 5.75 Å². The minimum absolute atomic E-state index is 0.0964. The number of sulfonamides is 2. The van der Waals surface area contributed by atoms with E-state index in [1.165, 1.54) is 19.1 Å². The number of rotatable bonds is 9. The quantitative estimate of drug-likeness (QED) is 0.447. The summed E-state index contributed by atoms with van der Waals surface area (Å²) in [4.78, 5) is -2.83. The zero-order valence-corrected chi connectivity index (χ0v) is 21.9. The first-order valence-electron chi connectivity index (χ1n) is 10.9. The SMILES string of the molecule is CCS(=O)(=O)NCC1CCN(S(=O)(=O)c2ccc(OC(F)(F)F)cc2S(=O)(=O)c2ccccc2F)CC1. The van der Waals surface area contributed by atoms with Crippen LogP contribution in [-0.2, 0) is 29.9 Å². The highest BCUT2D eigenvalue weighted by Crippen LogP contribution is 2.35. The molecule has 0 unspecified atom stereocenters. The molecule has 206 valence electrons. The molecule has 1 aliphatic rings. The van der Waals surface area contributed by atoms with Crippen LogP contribution in [0.3, 0.4) is 0 Å². The summed E-state index contributed by atoms with van der Waals surface area (Å²) in [5.74, 6) is -2.52. The maximum Gasteiger partial charge on any atom is 0.573 e. The number of halogens is 4. The molecule has 3 rings (SSSR count). The second kappa shape index (κ2) is 10.8. The normalized spacial score (nSPS) is 16.6. The Morgan fingerprint density at radius 1 is 0.946 bits per heavy atom. The van der Waals surface area contributed by atoms with Gasteiger partial charge in [0, 0.05) is 25.7 Å². The minimum atomic E-state index is -5.19. The highest BCUT2D eigenvalue weighted by atomic mass is 32.2. The monoisotopic (exact) mass is 588 g/mol. The van der Waals surface area contributed by atoms with Crippen LogP contribution in [0, 0.1) is 11.7 Å².